The van der Waals surface area contributed by atoms with E-state index in [0.717, 1.165) is 11.3 Å². The molecule has 1 aliphatic heterocycles. The molecule has 0 unspecified atom stereocenters. The van der Waals surface area contributed by atoms with Gasteiger partial charge in [-0.05, 0) is 57.0 Å². The lowest BCUT2D eigenvalue weighted by Gasteiger charge is -2.34. The van der Waals surface area contributed by atoms with Gasteiger partial charge in [-0.25, -0.2) is 0 Å². The molecule has 1 N–H and O–H groups in total. The van der Waals surface area contributed by atoms with Crippen LogP contribution >= 0.6 is 24.8 Å². The van der Waals surface area contributed by atoms with Gasteiger partial charge in [0.05, 0.1) is 0 Å². The Balaban J connectivity index is 0.00000128. The molecule has 0 atom stereocenters. The van der Waals surface area contributed by atoms with Gasteiger partial charge in [-0.15, -0.1) is 24.8 Å². The van der Waals surface area contributed by atoms with Crippen molar-refractivity contribution < 1.29 is 9.84 Å². The average molecular weight is 277 g/mol. The second-order valence-corrected chi connectivity index (χ2v) is 4.54. The van der Waals surface area contributed by atoms with E-state index in [4.69, 9.17) is 4.74 Å². The van der Waals surface area contributed by atoms with E-state index in [1.165, 1.54) is 11.1 Å². The summed E-state index contributed by atoms with van der Waals surface area (Å²) in [5.74, 6) is 1.13. The Morgan fingerprint density at radius 2 is 1.71 bits per heavy atom. The maximum absolute atomic E-state index is 9.44. The number of ether oxygens (including phenoxy) is 1. The summed E-state index contributed by atoms with van der Waals surface area (Å²) in [6.45, 7) is 8.25. The lowest BCUT2D eigenvalue weighted by atomic mass is 9.88. The third-order valence-electron chi connectivity index (χ3n) is 3.20. The summed E-state index contributed by atoms with van der Waals surface area (Å²) in [7, 11) is 0. The number of phenolic OH excluding ortho intramolecular Hbond substituents is 1. The molecular formula is C13H18Cl2O2. The van der Waals surface area contributed by atoms with Crippen molar-refractivity contribution in [3.05, 3.63) is 29.3 Å². The van der Waals surface area contributed by atoms with Crippen molar-refractivity contribution in [2.75, 3.05) is 0 Å². The predicted molar refractivity (Wildman–Crippen MR) is 75.6 cm³/mol. The van der Waals surface area contributed by atoms with Crippen LogP contribution in [0.5, 0.6) is 11.5 Å². The molecular weight excluding hydrogens is 259 g/mol. The Kier molecular flexibility index (Phi) is 4.93. The summed E-state index contributed by atoms with van der Waals surface area (Å²) >= 11 is 0. The van der Waals surface area contributed by atoms with Gasteiger partial charge in [0.25, 0.3) is 0 Å². The molecule has 0 aliphatic carbocycles. The summed E-state index contributed by atoms with van der Waals surface area (Å²) in [5, 5.41) is 9.44. The van der Waals surface area contributed by atoms with Gasteiger partial charge in [0.15, 0.2) is 0 Å². The van der Waals surface area contributed by atoms with E-state index in [1.807, 2.05) is 6.07 Å². The maximum Gasteiger partial charge on any atom is 0.128 e. The van der Waals surface area contributed by atoms with E-state index < -0.39 is 0 Å². The fourth-order valence-corrected chi connectivity index (χ4v) is 1.91. The van der Waals surface area contributed by atoms with Gasteiger partial charge in [-0.1, -0.05) is 0 Å². The van der Waals surface area contributed by atoms with Crippen LogP contribution in [-0.2, 0) is 0 Å². The van der Waals surface area contributed by atoms with E-state index in [1.54, 1.807) is 12.1 Å². The molecule has 0 amide bonds. The number of allylic oxidation sites excluding steroid dienone is 1. The van der Waals surface area contributed by atoms with Crippen LogP contribution in [0.15, 0.2) is 23.8 Å². The number of aromatic hydroxyl groups is 1. The number of fused-ring (bicyclic) bond motifs is 1. The minimum absolute atomic E-state index is 0. The zero-order chi connectivity index (χ0) is 11.2. The van der Waals surface area contributed by atoms with Crippen molar-refractivity contribution in [2.24, 2.45) is 0 Å². The van der Waals surface area contributed by atoms with E-state index in [-0.39, 0.29) is 36.2 Å². The molecule has 0 aromatic heterocycles. The molecule has 0 spiro atoms. The van der Waals surface area contributed by atoms with Crippen molar-refractivity contribution in [1.29, 1.82) is 0 Å². The number of halogens is 2. The van der Waals surface area contributed by atoms with E-state index in [2.05, 4.69) is 27.7 Å². The average Bonchev–Trinajstić information content (AvgIpc) is 2.16. The second kappa shape index (κ2) is 5.19. The van der Waals surface area contributed by atoms with E-state index in [0.29, 0.717) is 0 Å². The predicted octanol–water partition coefficient (Wildman–Crippen LogP) is 4.20. The Morgan fingerprint density at radius 3 is 2.29 bits per heavy atom. The highest BCUT2D eigenvalue weighted by Gasteiger charge is 2.30. The molecule has 0 bridgehead atoms. The van der Waals surface area contributed by atoms with Crippen molar-refractivity contribution in [3.8, 4) is 11.5 Å². The van der Waals surface area contributed by atoms with Crippen molar-refractivity contribution >= 4 is 30.4 Å². The normalized spacial score (nSPS) is 16.2. The van der Waals surface area contributed by atoms with Crippen LogP contribution in [0.3, 0.4) is 0 Å². The summed E-state index contributed by atoms with van der Waals surface area (Å²) in [4.78, 5) is 0. The summed E-state index contributed by atoms with van der Waals surface area (Å²) in [5.41, 5.74) is 3.14. The summed E-state index contributed by atoms with van der Waals surface area (Å²) in [6, 6.07) is 5.23. The Labute approximate surface area is 115 Å². The second-order valence-electron chi connectivity index (χ2n) is 4.54. The first kappa shape index (κ1) is 16.1. The van der Waals surface area contributed by atoms with Crippen LogP contribution in [0.4, 0.5) is 0 Å². The van der Waals surface area contributed by atoms with Crippen LogP contribution in [0.1, 0.15) is 33.3 Å². The first-order valence-electron chi connectivity index (χ1n) is 5.12. The zero-order valence-corrected chi connectivity index (χ0v) is 12.0. The van der Waals surface area contributed by atoms with E-state index >= 15 is 0 Å². The van der Waals surface area contributed by atoms with Gasteiger partial charge in [0, 0.05) is 5.56 Å². The summed E-state index contributed by atoms with van der Waals surface area (Å²) in [6.07, 6.45) is 0. The highest BCUT2D eigenvalue weighted by atomic mass is 35.5. The SMILES string of the molecule is CC1=C(C)C(C)(C)Oc2ccc(O)cc21.Cl.Cl. The topological polar surface area (TPSA) is 29.5 Å². The molecule has 0 saturated carbocycles. The molecule has 96 valence electrons. The van der Waals surface area contributed by atoms with Gasteiger partial charge >= 0.3 is 0 Å². The Bertz CT molecular complexity index is 451. The zero-order valence-electron chi connectivity index (χ0n) is 10.4. The lowest BCUT2D eigenvalue weighted by molar-refractivity contribution is 0.144. The number of rotatable bonds is 0. The molecule has 2 rings (SSSR count). The van der Waals surface area contributed by atoms with Gasteiger partial charge in [0.2, 0.25) is 0 Å². The first-order valence-corrected chi connectivity index (χ1v) is 5.12. The van der Waals surface area contributed by atoms with Crippen LogP contribution in [0.25, 0.3) is 5.57 Å². The number of hydrogen-bond donors (Lipinski definition) is 1. The molecule has 0 saturated heterocycles. The molecule has 17 heavy (non-hydrogen) atoms. The smallest absolute Gasteiger partial charge is 0.128 e. The third-order valence-corrected chi connectivity index (χ3v) is 3.20. The standard InChI is InChI=1S/C13H16O2.2ClH/c1-8-9(2)13(3,4)15-12-6-5-10(14)7-11(8)12;;/h5-7,14H,1-4H3;2*1H. The van der Waals surface area contributed by atoms with Gasteiger partial charge in [0.1, 0.15) is 17.1 Å². The van der Waals surface area contributed by atoms with Crippen LogP contribution in [0.2, 0.25) is 0 Å². The molecule has 1 heterocycles. The largest absolute Gasteiger partial charge is 0.508 e. The number of phenols is 1. The van der Waals surface area contributed by atoms with Gasteiger partial charge in [-0.3, -0.25) is 0 Å². The van der Waals surface area contributed by atoms with Crippen LogP contribution in [-0.4, -0.2) is 10.7 Å². The van der Waals surface area contributed by atoms with E-state index in [9.17, 15) is 5.11 Å². The Morgan fingerprint density at radius 1 is 1.12 bits per heavy atom. The Hall–Kier alpha value is -0.860. The highest BCUT2D eigenvalue weighted by Crippen LogP contribution is 2.41. The highest BCUT2D eigenvalue weighted by molar-refractivity contribution is 5.85. The van der Waals surface area contributed by atoms with Gasteiger partial charge in [-0.2, -0.15) is 0 Å². The van der Waals surface area contributed by atoms with Crippen molar-refractivity contribution in [1.82, 2.24) is 0 Å². The third kappa shape index (κ3) is 2.70. The van der Waals surface area contributed by atoms with Gasteiger partial charge < -0.3 is 9.84 Å². The lowest BCUT2D eigenvalue weighted by Crippen LogP contribution is -2.33. The summed E-state index contributed by atoms with van der Waals surface area (Å²) < 4.78 is 5.89. The van der Waals surface area contributed by atoms with Crippen LogP contribution in [0, 0.1) is 0 Å². The monoisotopic (exact) mass is 276 g/mol. The maximum atomic E-state index is 9.44. The molecule has 1 aromatic carbocycles. The fourth-order valence-electron chi connectivity index (χ4n) is 1.91. The molecule has 1 aliphatic rings. The molecule has 4 heteroatoms. The minimum Gasteiger partial charge on any atom is -0.508 e. The van der Waals surface area contributed by atoms with Crippen molar-refractivity contribution in [3.63, 3.8) is 0 Å². The number of hydrogen-bond acceptors (Lipinski definition) is 2. The quantitative estimate of drug-likeness (QED) is 0.770. The van der Waals surface area contributed by atoms with Crippen LogP contribution < -0.4 is 4.74 Å². The number of benzene rings is 1. The fraction of sp³-hybridized carbons (Fsp3) is 0.385. The first-order chi connectivity index (χ1) is 6.92. The minimum atomic E-state index is -0.256. The molecule has 0 radical (unpaired) electrons. The molecule has 1 aromatic rings. The van der Waals surface area contributed by atoms with Crippen molar-refractivity contribution in [2.45, 2.75) is 33.3 Å². The molecule has 0 fully saturated rings. The molecule has 2 nitrogen and oxygen atoms in total.